The van der Waals surface area contributed by atoms with Crippen LogP contribution in [0.5, 0.6) is 0 Å². The van der Waals surface area contributed by atoms with Gasteiger partial charge in [0.15, 0.2) is 0 Å². The van der Waals surface area contributed by atoms with Crippen LogP contribution in [0.1, 0.15) is 25.7 Å². The van der Waals surface area contributed by atoms with E-state index in [1.165, 1.54) is 64.6 Å². The van der Waals surface area contributed by atoms with Crippen LogP contribution in [0.2, 0.25) is 0 Å². The highest BCUT2D eigenvalue weighted by molar-refractivity contribution is 8.77. The lowest BCUT2D eigenvalue weighted by Gasteiger charge is -2.50. The average molecular weight is 490 g/mol. The molecule has 4 aliphatic heterocycles. The molecular weight excluding hydrogens is 463 g/mol. The Balaban J connectivity index is 1.53. The second-order valence-corrected chi connectivity index (χ2v) is 17.2. The monoisotopic (exact) mass is 489 g/mol. The Morgan fingerprint density at radius 2 is 1.64 bits per heavy atom. The molecule has 144 valence electrons. The van der Waals surface area contributed by atoms with Crippen LogP contribution in [0, 0.1) is 0 Å². The Morgan fingerprint density at radius 3 is 2.40 bits per heavy atom. The first-order chi connectivity index (χ1) is 12.4. The molecule has 9 heteroatoms. The van der Waals surface area contributed by atoms with Crippen LogP contribution in [0.15, 0.2) is 0 Å². The van der Waals surface area contributed by atoms with Crippen molar-refractivity contribution in [3.05, 3.63) is 0 Å². The molecule has 4 rings (SSSR count). The second-order valence-electron chi connectivity index (χ2n) is 6.73. The van der Waals surface area contributed by atoms with Gasteiger partial charge < -0.3 is 0 Å². The molecule has 0 spiro atoms. The molecule has 0 saturated carbocycles. The molecule has 25 heavy (non-hydrogen) atoms. The number of hydrogen-bond donors (Lipinski definition) is 0. The topological polar surface area (TPSA) is 3.24 Å². The molecule has 0 aromatic heterocycles. The molecule has 4 atom stereocenters. The van der Waals surface area contributed by atoms with Crippen molar-refractivity contribution in [2.24, 2.45) is 0 Å². The molecule has 4 saturated heterocycles. The van der Waals surface area contributed by atoms with Crippen LogP contribution in [0.4, 0.5) is 0 Å². The van der Waals surface area contributed by atoms with E-state index in [1.807, 2.05) is 0 Å². The lowest BCUT2D eigenvalue weighted by molar-refractivity contribution is 0.130. The van der Waals surface area contributed by atoms with Gasteiger partial charge in [0.25, 0.3) is 0 Å². The van der Waals surface area contributed by atoms with Crippen molar-refractivity contribution in [3.63, 3.8) is 0 Å². The molecule has 0 aliphatic carbocycles. The predicted octanol–water partition coefficient (Wildman–Crippen LogP) is 6.31. The largest absolute Gasteiger partial charge is 0.282 e. The zero-order valence-electron chi connectivity index (χ0n) is 14.4. The summed E-state index contributed by atoms with van der Waals surface area (Å²) in [6.45, 7) is 0. The molecule has 4 fully saturated rings. The van der Waals surface area contributed by atoms with Crippen LogP contribution in [0.3, 0.4) is 0 Å². The molecule has 0 radical (unpaired) electrons. The summed E-state index contributed by atoms with van der Waals surface area (Å²) in [5.74, 6) is 6.83. The van der Waals surface area contributed by atoms with Crippen LogP contribution in [-0.4, -0.2) is 71.8 Å². The van der Waals surface area contributed by atoms with Gasteiger partial charge in [0.1, 0.15) is 0 Å². The van der Waals surface area contributed by atoms with Gasteiger partial charge in [-0.3, -0.25) is 4.90 Å². The van der Waals surface area contributed by atoms with E-state index >= 15 is 0 Å². The van der Waals surface area contributed by atoms with Gasteiger partial charge in [0.2, 0.25) is 0 Å². The van der Waals surface area contributed by atoms with Gasteiger partial charge in [-0.1, -0.05) is 43.2 Å². The number of thioether (sulfide) groups is 4. The number of rotatable bonds is 4. The molecule has 4 aliphatic rings. The van der Waals surface area contributed by atoms with Crippen molar-refractivity contribution < 1.29 is 0 Å². The van der Waals surface area contributed by atoms with Gasteiger partial charge >= 0.3 is 0 Å². The van der Waals surface area contributed by atoms with Crippen LogP contribution in [0.25, 0.3) is 0 Å². The minimum Gasteiger partial charge on any atom is -0.282 e. The van der Waals surface area contributed by atoms with Crippen molar-refractivity contribution in [1.29, 1.82) is 0 Å². The molecule has 0 amide bonds. The van der Waals surface area contributed by atoms with Gasteiger partial charge in [-0.15, -0.1) is 35.3 Å². The first-order valence-corrected chi connectivity index (χ1v) is 18.4. The third kappa shape index (κ3) is 5.68. The first-order valence-electron chi connectivity index (χ1n) is 9.12. The second kappa shape index (κ2) is 11.2. The molecular formula is C16H27NS8. The molecule has 4 heterocycles. The normalized spacial score (nSPS) is 38.8. The summed E-state index contributed by atoms with van der Waals surface area (Å²) in [5.41, 5.74) is 0. The van der Waals surface area contributed by atoms with E-state index in [4.69, 9.17) is 0 Å². The summed E-state index contributed by atoms with van der Waals surface area (Å²) >= 11 is 8.77. The summed E-state index contributed by atoms with van der Waals surface area (Å²) in [6, 6.07) is 1.62. The van der Waals surface area contributed by atoms with Gasteiger partial charge in [0, 0.05) is 55.8 Å². The van der Waals surface area contributed by atoms with E-state index in [1.54, 1.807) is 0 Å². The lowest BCUT2D eigenvalue weighted by Crippen LogP contribution is -2.57. The van der Waals surface area contributed by atoms with Gasteiger partial charge in [-0.05, 0) is 31.4 Å². The fraction of sp³-hybridized carbons (Fsp3) is 1.00. The van der Waals surface area contributed by atoms with E-state index in [9.17, 15) is 0 Å². The summed E-state index contributed by atoms with van der Waals surface area (Å²) in [4.78, 5) is 3.07. The summed E-state index contributed by atoms with van der Waals surface area (Å²) < 4.78 is 0. The van der Waals surface area contributed by atoms with Crippen LogP contribution in [-0.2, 0) is 0 Å². The molecule has 4 unspecified atom stereocenters. The molecule has 0 aromatic carbocycles. The number of hydrogen-bond acceptors (Lipinski definition) is 9. The van der Waals surface area contributed by atoms with E-state index < -0.39 is 0 Å². The van der Waals surface area contributed by atoms with E-state index in [0.717, 1.165) is 28.0 Å². The molecule has 0 aromatic rings. The Labute approximate surface area is 186 Å². The minimum atomic E-state index is 0.766. The zero-order chi connectivity index (χ0) is 16.9. The summed E-state index contributed by atoms with van der Waals surface area (Å²) in [5, 5.41) is 5.13. The molecule has 0 N–H and O–H groups in total. The van der Waals surface area contributed by atoms with Crippen molar-refractivity contribution in [2.45, 2.75) is 53.6 Å². The standard InChI is InChI=1S/C16H27NS8/c1-2-15(24-22-5-1)17(12-8-19-10-20-9-12)13-3-7-23-25-16(13)14-4-6-18-11-21-14/h12-16H,1-11H2. The zero-order valence-corrected chi connectivity index (χ0v) is 20.9. The van der Waals surface area contributed by atoms with Crippen molar-refractivity contribution in [1.82, 2.24) is 4.90 Å². The van der Waals surface area contributed by atoms with E-state index in [-0.39, 0.29) is 0 Å². The fourth-order valence-electron chi connectivity index (χ4n) is 3.95. The van der Waals surface area contributed by atoms with Crippen molar-refractivity contribution >= 4 is 90.2 Å². The van der Waals surface area contributed by atoms with E-state index in [0.29, 0.717) is 0 Å². The maximum absolute atomic E-state index is 3.07. The molecule has 0 bridgehead atoms. The highest BCUT2D eigenvalue weighted by Gasteiger charge is 2.43. The first kappa shape index (κ1) is 21.0. The Bertz CT molecular complexity index is 378. The van der Waals surface area contributed by atoms with Crippen LogP contribution >= 0.6 is 90.2 Å². The van der Waals surface area contributed by atoms with Gasteiger partial charge in [0.05, 0.1) is 5.37 Å². The smallest absolute Gasteiger partial charge is 0.0667 e. The maximum Gasteiger partial charge on any atom is 0.0667 e. The van der Waals surface area contributed by atoms with Gasteiger partial charge in [-0.2, -0.15) is 11.8 Å². The Morgan fingerprint density at radius 1 is 0.760 bits per heavy atom. The summed E-state index contributed by atoms with van der Waals surface area (Å²) in [6.07, 6.45) is 5.68. The SMILES string of the molecule is C1CSSC(N(C2CSCSC2)C2CCSSC2C2CCSCS2)C1. The van der Waals surface area contributed by atoms with Gasteiger partial charge in [-0.25, -0.2) is 0 Å². The fourth-order valence-corrected chi connectivity index (χ4v) is 15.9. The lowest BCUT2D eigenvalue weighted by atomic mass is 10.0. The molecule has 1 nitrogen and oxygen atoms in total. The van der Waals surface area contributed by atoms with Crippen molar-refractivity contribution in [2.75, 3.05) is 38.9 Å². The summed E-state index contributed by atoms with van der Waals surface area (Å²) in [7, 11) is 8.75. The number of nitrogens with zero attached hydrogens (tertiary/aromatic N) is 1. The average Bonchev–Trinajstić information content (AvgIpc) is 2.71. The van der Waals surface area contributed by atoms with E-state index in [2.05, 4.69) is 95.1 Å². The van der Waals surface area contributed by atoms with Crippen LogP contribution < -0.4 is 0 Å². The quantitative estimate of drug-likeness (QED) is 0.414. The third-order valence-corrected chi connectivity index (χ3v) is 16.4. The predicted molar refractivity (Wildman–Crippen MR) is 134 cm³/mol. The highest BCUT2D eigenvalue weighted by Crippen LogP contribution is 2.49. The van der Waals surface area contributed by atoms with Crippen molar-refractivity contribution in [3.8, 4) is 0 Å². The Kier molecular flexibility index (Phi) is 9.44. The Hall–Kier alpha value is 2.76. The highest BCUT2D eigenvalue weighted by atomic mass is 33.1. The maximum atomic E-state index is 3.07. The minimum absolute atomic E-state index is 0.766. The third-order valence-electron chi connectivity index (χ3n) is 5.12.